The van der Waals surface area contributed by atoms with Crippen molar-refractivity contribution in [1.29, 1.82) is 0 Å². The number of nitrogens with zero attached hydrogens (tertiary/aromatic N) is 3. The fourth-order valence-electron chi connectivity index (χ4n) is 1.95. The first-order valence-electron chi connectivity index (χ1n) is 6.04. The summed E-state index contributed by atoms with van der Waals surface area (Å²) in [5.41, 5.74) is 9.75. The summed E-state index contributed by atoms with van der Waals surface area (Å²) in [6.07, 6.45) is 0. The minimum atomic E-state index is -0.891. The number of benzene rings is 2. The van der Waals surface area contributed by atoms with E-state index in [0.29, 0.717) is 16.9 Å². The Morgan fingerprint density at radius 2 is 1.80 bits per heavy atom. The van der Waals surface area contributed by atoms with Gasteiger partial charge in [0.2, 0.25) is 0 Å². The molecule has 0 amide bonds. The van der Waals surface area contributed by atoms with Crippen LogP contribution >= 0.6 is 0 Å². The van der Waals surface area contributed by atoms with Gasteiger partial charge in [0, 0.05) is 4.91 Å². The van der Waals surface area contributed by atoms with E-state index in [0.717, 1.165) is 0 Å². The van der Waals surface area contributed by atoms with Crippen LogP contribution in [0.1, 0.15) is 22.0 Å². The van der Waals surface area contributed by atoms with E-state index in [9.17, 15) is 4.79 Å². The number of ether oxygens (including phenoxy) is 1. The van der Waals surface area contributed by atoms with Crippen molar-refractivity contribution in [3.05, 3.63) is 76.2 Å². The van der Waals surface area contributed by atoms with E-state index in [1.54, 1.807) is 48.5 Å². The average molecular weight is 267 g/mol. The van der Waals surface area contributed by atoms with Crippen LogP contribution in [0.15, 0.2) is 59.7 Å². The normalized spacial score (nSPS) is 11.2. The minimum Gasteiger partial charge on any atom is -0.496 e. The maximum Gasteiger partial charge on any atom is 0.179 e. The zero-order valence-electron chi connectivity index (χ0n) is 10.9. The average Bonchev–Trinajstić information content (AvgIpc) is 2.52. The lowest BCUT2D eigenvalue weighted by Crippen LogP contribution is -2.11. The molecular formula is C15H13N3O2. The third-order valence-electron chi connectivity index (χ3n) is 2.90. The zero-order chi connectivity index (χ0) is 14.4. The van der Waals surface area contributed by atoms with E-state index >= 15 is 0 Å². The van der Waals surface area contributed by atoms with Crippen molar-refractivity contribution in [2.24, 2.45) is 5.11 Å². The number of methoxy groups -OCH3 is 1. The lowest BCUT2D eigenvalue weighted by atomic mass is 9.97. The number of carbonyl (C=O) groups is 1. The number of ketones is 1. The summed E-state index contributed by atoms with van der Waals surface area (Å²) >= 11 is 0. The topological polar surface area (TPSA) is 75.1 Å². The summed E-state index contributed by atoms with van der Waals surface area (Å²) in [4.78, 5) is 15.3. The van der Waals surface area contributed by atoms with E-state index in [1.165, 1.54) is 7.11 Å². The molecule has 5 heteroatoms. The van der Waals surface area contributed by atoms with Gasteiger partial charge in [-0.15, -0.1) is 0 Å². The van der Waals surface area contributed by atoms with Gasteiger partial charge in [-0.25, -0.2) is 0 Å². The number of rotatable bonds is 5. The summed E-state index contributed by atoms with van der Waals surface area (Å²) in [6.45, 7) is 0. The summed E-state index contributed by atoms with van der Waals surface area (Å²) in [6, 6.07) is 14.9. The molecule has 0 aliphatic rings. The minimum absolute atomic E-state index is 0.286. The van der Waals surface area contributed by atoms with Gasteiger partial charge in [-0.1, -0.05) is 47.6 Å². The van der Waals surface area contributed by atoms with Gasteiger partial charge in [0.05, 0.1) is 12.7 Å². The van der Waals surface area contributed by atoms with E-state index in [4.69, 9.17) is 10.3 Å². The SMILES string of the molecule is COc1ccccc1C(=O)C(N=[N+]=[N-])c1ccccc1. The van der Waals surface area contributed by atoms with Gasteiger partial charge in [0.15, 0.2) is 5.78 Å². The number of hydrogen-bond donors (Lipinski definition) is 0. The Morgan fingerprint density at radius 3 is 2.45 bits per heavy atom. The summed E-state index contributed by atoms with van der Waals surface area (Å²) in [5, 5.41) is 3.62. The highest BCUT2D eigenvalue weighted by molar-refractivity contribution is 6.03. The molecule has 100 valence electrons. The van der Waals surface area contributed by atoms with E-state index in [2.05, 4.69) is 10.0 Å². The molecule has 0 saturated heterocycles. The summed E-state index contributed by atoms with van der Waals surface area (Å²) in [5.74, 6) is 0.179. The fraction of sp³-hybridized carbons (Fsp3) is 0.133. The largest absolute Gasteiger partial charge is 0.496 e. The lowest BCUT2D eigenvalue weighted by molar-refractivity contribution is 0.0958. The van der Waals surface area contributed by atoms with Gasteiger partial charge in [0.1, 0.15) is 11.8 Å². The molecule has 0 radical (unpaired) electrons. The molecule has 2 rings (SSSR count). The van der Waals surface area contributed by atoms with E-state index in [1.807, 2.05) is 6.07 Å². The van der Waals surface area contributed by atoms with Gasteiger partial charge >= 0.3 is 0 Å². The van der Waals surface area contributed by atoms with Crippen LogP contribution in [0, 0.1) is 0 Å². The molecule has 0 bridgehead atoms. The summed E-state index contributed by atoms with van der Waals surface area (Å²) in [7, 11) is 1.50. The predicted octanol–water partition coefficient (Wildman–Crippen LogP) is 3.93. The highest BCUT2D eigenvalue weighted by Crippen LogP contribution is 2.27. The Bertz CT molecular complexity index is 649. The Morgan fingerprint density at radius 1 is 1.15 bits per heavy atom. The molecule has 5 nitrogen and oxygen atoms in total. The van der Waals surface area contributed by atoms with Gasteiger partial charge in [0.25, 0.3) is 0 Å². The standard InChI is InChI=1S/C15H13N3O2/c1-20-13-10-6-5-9-12(13)15(19)14(17-18-16)11-7-3-2-4-8-11/h2-10,14H,1H3. The molecule has 0 fully saturated rings. The first kappa shape index (κ1) is 13.6. The molecule has 0 heterocycles. The first-order chi connectivity index (χ1) is 9.77. The smallest absolute Gasteiger partial charge is 0.179 e. The van der Waals surface area contributed by atoms with Crippen LogP contribution in [-0.4, -0.2) is 12.9 Å². The Kier molecular flexibility index (Phi) is 4.37. The molecule has 0 N–H and O–H groups in total. The lowest BCUT2D eigenvalue weighted by Gasteiger charge is -2.13. The number of Topliss-reactive ketones (excluding diaryl/α,β-unsaturated/α-hetero) is 1. The van der Waals surface area contributed by atoms with E-state index < -0.39 is 6.04 Å². The van der Waals surface area contributed by atoms with Gasteiger partial charge in [-0.3, -0.25) is 4.79 Å². The monoisotopic (exact) mass is 267 g/mol. The van der Waals surface area contributed by atoms with Gasteiger partial charge in [-0.2, -0.15) is 0 Å². The van der Waals surface area contributed by atoms with Crippen molar-refractivity contribution >= 4 is 5.78 Å². The number of hydrogen-bond acceptors (Lipinski definition) is 3. The maximum atomic E-state index is 12.6. The third-order valence-corrected chi connectivity index (χ3v) is 2.90. The molecular weight excluding hydrogens is 254 g/mol. The fourth-order valence-corrected chi connectivity index (χ4v) is 1.95. The Balaban J connectivity index is 2.45. The van der Waals surface area contributed by atoms with E-state index in [-0.39, 0.29) is 5.78 Å². The van der Waals surface area contributed by atoms with Gasteiger partial charge in [-0.05, 0) is 23.2 Å². The molecule has 0 aliphatic heterocycles. The van der Waals surface area contributed by atoms with Crippen molar-refractivity contribution < 1.29 is 9.53 Å². The highest BCUT2D eigenvalue weighted by Gasteiger charge is 2.23. The van der Waals surface area contributed by atoms with Crippen LogP contribution in [0.3, 0.4) is 0 Å². The van der Waals surface area contributed by atoms with Crippen LogP contribution in [0.4, 0.5) is 0 Å². The Hall–Kier alpha value is -2.78. The van der Waals surface area contributed by atoms with Crippen LogP contribution in [0.5, 0.6) is 5.75 Å². The van der Waals surface area contributed by atoms with Crippen molar-refractivity contribution in [3.63, 3.8) is 0 Å². The molecule has 2 aromatic carbocycles. The van der Waals surface area contributed by atoms with Crippen molar-refractivity contribution in [2.45, 2.75) is 6.04 Å². The predicted molar refractivity (Wildman–Crippen MR) is 75.7 cm³/mol. The molecule has 20 heavy (non-hydrogen) atoms. The Labute approximate surface area is 116 Å². The van der Waals surface area contributed by atoms with Crippen molar-refractivity contribution in [2.75, 3.05) is 7.11 Å². The first-order valence-corrected chi connectivity index (χ1v) is 6.04. The van der Waals surface area contributed by atoms with Crippen LogP contribution in [0.25, 0.3) is 10.4 Å². The number of carbonyl (C=O) groups excluding carboxylic acids is 1. The highest BCUT2D eigenvalue weighted by atomic mass is 16.5. The van der Waals surface area contributed by atoms with Crippen LogP contribution < -0.4 is 4.74 Å². The van der Waals surface area contributed by atoms with Gasteiger partial charge < -0.3 is 4.74 Å². The molecule has 0 aromatic heterocycles. The molecule has 0 aliphatic carbocycles. The molecule has 2 aromatic rings. The zero-order valence-corrected chi connectivity index (χ0v) is 10.9. The second-order valence-corrected chi connectivity index (χ2v) is 4.08. The molecule has 0 spiro atoms. The third kappa shape index (κ3) is 2.79. The van der Waals surface area contributed by atoms with Crippen molar-refractivity contribution in [1.82, 2.24) is 0 Å². The van der Waals surface area contributed by atoms with Crippen molar-refractivity contribution in [3.8, 4) is 5.75 Å². The van der Waals surface area contributed by atoms with Crippen LogP contribution in [-0.2, 0) is 0 Å². The second kappa shape index (κ2) is 6.41. The molecule has 1 unspecified atom stereocenters. The summed E-state index contributed by atoms with van der Waals surface area (Å²) < 4.78 is 5.18. The maximum absolute atomic E-state index is 12.6. The molecule has 1 atom stereocenters. The van der Waals surface area contributed by atoms with Crippen LogP contribution in [0.2, 0.25) is 0 Å². The number of azide groups is 1. The number of para-hydroxylation sites is 1. The molecule has 0 saturated carbocycles. The quantitative estimate of drug-likeness (QED) is 0.356. The second-order valence-electron chi connectivity index (χ2n) is 4.08.